The number of fused-ring (bicyclic) bond motifs is 1. The van der Waals surface area contributed by atoms with E-state index < -0.39 is 6.61 Å². The normalized spacial score (nSPS) is 12.2. The third kappa shape index (κ3) is 3.83. The standard InChI is InChI=1S/C16H14F2N2O3S/c1-9-2-4-12(23-15(17)18)11(6-9)20-16(24)19-10-3-5-13-14(7-10)22-8-21-13/h2-7,15H,8H2,1H3,(H2,19,20,24). The lowest BCUT2D eigenvalue weighted by Gasteiger charge is -2.15. The molecule has 1 aliphatic heterocycles. The van der Waals surface area contributed by atoms with Crippen molar-refractivity contribution in [2.75, 3.05) is 17.4 Å². The summed E-state index contributed by atoms with van der Waals surface area (Å²) in [7, 11) is 0. The van der Waals surface area contributed by atoms with E-state index in [0.29, 0.717) is 22.9 Å². The number of anilines is 2. The van der Waals surface area contributed by atoms with Gasteiger partial charge in [-0.25, -0.2) is 0 Å². The number of aryl methyl sites for hydroxylation is 1. The third-order valence-corrected chi connectivity index (χ3v) is 3.43. The predicted octanol–water partition coefficient (Wildman–Crippen LogP) is 4.13. The first-order valence-corrected chi connectivity index (χ1v) is 7.45. The van der Waals surface area contributed by atoms with E-state index in [4.69, 9.17) is 21.7 Å². The van der Waals surface area contributed by atoms with Crippen molar-refractivity contribution in [3.63, 3.8) is 0 Å². The van der Waals surface area contributed by atoms with Crippen LogP contribution in [0.3, 0.4) is 0 Å². The molecule has 1 aliphatic rings. The largest absolute Gasteiger partial charge is 0.454 e. The molecule has 24 heavy (non-hydrogen) atoms. The molecule has 0 spiro atoms. The molecule has 0 unspecified atom stereocenters. The smallest absolute Gasteiger partial charge is 0.387 e. The highest BCUT2D eigenvalue weighted by Crippen LogP contribution is 2.34. The molecule has 0 amide bonds. The van der Waals surface area contributed by atoms with Crippen LogP contribution in [0.1, 0.15) is 5.56 Å². The van der Waals surface area contributed by atoms with Gasteiger partial charge in [-0.2, -0.15) is 8.78 Å². The van der Waals surface area contributed by atoms with E-state index in [9.17, 15) is 8.78 Å². The molecule has 5 nitrogen and oxygen atoms in total. The Morgan fingerprint density at radius 3 is 2.71 bits per heavy atom. The molecule has 0 aliphatic carbocycles. The van der Waals surface area contributed by atoms with Crippen LogP contribution < -0.4 is 24.8 Å². The molecule has 1 heterocycles. The maximum Gasteiger partial charge on any atom is 0.387 e. The topological polar surface area (TPSA) is 51.8 Å². The Labute approximate surface area is 142 Å². The molecule has 2 aromatic carbocycles. The fourth-order valence-electron chi connectivity index (χ4n) is 2.20. The highest BCUT2D eigenvalue weighted by Gasteiger charge is 2.14. The second-order valence-corrected chi connectivity index (χ2v) is 5.43. The first-order chi connectivity index (χ1) is 11.5. The van der Waals surface area contributed by atoms with Crippen LogP contribution in [0.2, 0.25) is 0 Å². The number of alkyl halides is 2. The minimum atomic E-state index is -2.91. The number of halogens is 2. The number of ether oxygens (including phenoxy) is 3. The zero-order valence-corrected chi connectivity index (χ0v) is 13.5. The van der Waals surface area contributed by atoms with E-state index in [2.05, 4.69) is 15.4 Å². The Morgan fingerprint density at radius 1 is 1.12 bits per heavy atom. The molecule has 0 fully saturated rings. The van der Waals surface area contributed by atoms with Crippen molar-refractivity contribution in [1.29, 1.82) is 0 Å². The van der Waals surface area contributed by atoms with E-state index in [-0.39, 0.29) is 17.7 Å². The highest BCUT2D eigenvalue weighted by molar-refractivity contribution is 7.80. The van der Waals surface area contributed by atoms with E-state index in [1.807, 2.05) is 6.92 Å². The SMILES string of the molecule is Cc1ccc(OC(F)F)c(NC(=S)Nc2ccc3c(c2)OCO3)c1. The summed E-state index contributed by atoms with van der Waals surface area (Å²) in [6.07, 6.45) is 0. The van der Waals surface area contributed by atoms with E-state index in [1.54, 1.807) is 30.3 Å². The maximum atomic E-state index is 12.5. The summed E-state index contributed by atoms with van der Waals surface area (Å²) in [5, 5.41) is 6.06. The first kappa shape index (κ1) is 16.3. The summed E-state index contributed by atoms with van der Waals surface area (Å²) in [5.41, 5.74) is 1.92. The first-order valence-electron chi connectivity index (χ1n) is 7.04. The fourth-order valence-corrected chi connectivity index (χ4v) is 2.43. The second-order valence-electron chi connectivity index (χ2n) is 5.03. The van der Waals surface area contributed by atoms with Crippen LogP contribution in [0.15, 0.2) is 36.4 Å². The van der Waals surface area contributed by atoms with Gasteiger partial charge in [0.2, 0.25) is 6.79 Å². The number of rotatable bonds is 4. The van der Waals surface area contributed by atoms with Crippen molar-refractivity contribution in [3.05, 3.63) is 42.0 Å². The lowest BCUT2D eigenvalue weighted by Crippen LogP contribution is -2.20. The quantitative estimate of drug-likeness (QED) is 0.807. The summed E-state index contributed by atoms with van der Waals surface area (Å²) in [4.78, 5) is 0. The average Bonchev–Trinajstić information content (AvgIpc) is 2.97. The molecule has 3 rings (SSSR count). The van der Waals surface area contributed by atoms with Gasteiger partial charge in [-0.1, -0.05) is 6.07 Å². The molecular weight excluding hydrogens is 338 g/mol. The zero-order chi connectivity index (χ0) is 17.1. The Balaban J connectivity index is 1.71. The summed E-state index contributed by atoms with van der Waals surface area (Å²) < 4.78 is 40.0. The third-order valence-electron chi connectivity index (χ3n) is 3.23. The van der Waals surface area contributed by atoms with Gasteiger partial charge in [-0.3, -0.25) is 0 Å². The second kappa shape index (κ2) is 6.88. The van der Waals surface area contributed by atoms with Crippen LogP contribution in [-0.4, -0.2) is 18.5 Å². The van der Waals surface area contributed by atoms with E-state index >= 15 is 0 Å². The van der Waals surface area contributed by atoms with Crippen LogP contribution >= 0.6 is 12.2 Å². The van der Waals surface area contributed by atoms with Crippen LogP contribution in [0.25, 0.3) is 0 Å². The van der Waals surface area contributed by atoms with Crippen LogP contribution in [0, 0.1) is 6.92 Å². The number of thiocarbonyl (C=S) groups is 1. The van der Waals surface area contributed by atoms with Gasteiger partial charge in [-0.15, -0.1) is 0 Å². The Bertz CT molecular complexity index is 771. The maximum absolute atomic E-state index is 12.5. The molecule has 0 saturated heterocycles. The van der Waals surface area contributed by atoms with Crippen molar-refractivity contribution < 1.29 is 23.0 Å². The Hall–Kier alpha value is -2.61. The molecule has 0 atom stereocenters. The summed E-state index contributed by atoms with van der Waals surface area (Å²) in [5.74, 6) is 1.29. The summed E-state index contributed by atoms with van der Waals surface area (Å²) >= 11 is 5.23. The van der Waals surface area contributed by atoms with Gasteiger partial charge >= 0.3 is 6.61 Å². The van der Waals surface area contributed by atoms with E-state index in [1.165, 1.54) is 6.07 Å². The molecule has 0 bridgehead atoms. The van der Waals surface area contributed by atoms with Crippen LogP contribution in [0.5, 0.6) is 17.2 Å². The van der Waals surface area contributed by atoms with Crippen molar-refractivity contribution in [2.45, 2.75) is 13.5 Å². The molecule has 2 aromatic rings. The lowest BCUT2D eigenvalue weighted by molar-refractivity contribution is -0.0493. The van der Waals surface area contributed by atoms with Crippen molar-refractivity contribution in [3.8, 4) is 17.2 Å². The van der Waals surface area contributed by atoms with Crippen LogP contribution in [-0.2, 0) is 0 Å². The summed E-state index contributed by atoms with van der Waals surface area (Å²) in [6, 6.07) is 10.1. The molecular formula is C16H14F2N2O3S. The van der Waals surface area contributed by atoms with Crippen molar-refractivity contribution in [2.24, 2.45) is 0 Å². The molecule has 0 aromatic heterocycles. The van der Waals surface area contributed by atoms with Gasteiger partial charge < -0.3 is 24.8 Å². The fraction of sp³-hybridized carbons (Fsp3) is 0.188. The van der Waals surface area contributed by atoms with Crippen molar-refractivity contribution in [1.82, 2.24) is 0 Å². The highest BCUT2D eigenvalue weighted by atomic mass is 32.1. The lowest BCUT2D eigenvalue weighted by atomic mass is 10.2. The number of hydrogen-bond donors (Lipinski definition) is 2. The molecule has 2 N–H and O–H groups in total. The zero-order valence-electron chi connectivity index (χ0n) is 12.6. The van der Waals surface area contributed by atoms with Gasteiger partial charge in [0.1, 0.15) is 5.75 Å². The number of hydrogen-bond acceptors (Lipinski definition) is 4. The van der Waals surface area contributed by atoms with Crippen LogP contribution in [0.4, 0.5) is 20.2 Å². The average molecular weight is 352 g/mol. The van der Waals surface area contributed by atoms with Gasteiger partial charge in [0.15, 0.2) is 16.6 Å². The molecule has 0 radical (unpaired) electrons. The predicted molar refractivity (Wildman–Crippen MR) is 90.2 cm³/mol. The minimum Gasteiger partial charge on any atom is -0.454 e. The number of benzene rings is 2. The van der Waals surface area contributed by atoms with Gasteiger partial charge in [0.25, 0.3) is 0 Å². The van der Waals surface area contributed by atoms with Gasteiger partial charge in [0, 0.05) is 11.8 Å². The monoisotopic (exact) mass is 352 g/mol. The van der Waals surface area contributed by atoms with Gasteiger partial charge in [-0.05, 0) is 49.0 Å². The van der Waals surface area contributed by atoms with Gasteiger partial charge in [0.05, 0.1) is 5.69 Å². The molecule has 0 saturated carbocycles. The Morgan fingerprint density at radius 2 is 1.92 bits per heavy atom. The Kier molecular flexibility index (Phi) is 4.66. The van der Waals surface area contributed by atoms with E-state index in [0.717, 1.165) is 5.56 Å². The summed E-state index contributed by atoms with van der Waals surface area (Å²) in [6.45, 7) is -0.895. The number of nitrogens with one attached hydrogen (secondary N) is 2. The van der Waals surface area contributed by atoms with Crippen molar-refractivity contribution >= 4 is 28.7 Å². The minimum absolute atomic E-state index is 0.0189. The molecule has 126 valence electrons. The molecule has 8 heteroatoms.